The van der Waals surface area contributed by atoms with E-state index >= 15 is 0 Å². The van der Waals surface area contributed by atoms with Gasteiger partial charge in [0, 0.05) is 26.1 Å². The number of aromatic nitrogens is 3. The Kier molecular flexibility index (Phi) is 4.69. The normalized spacial score (nSPS) is 18.6. The van der Waals surface area contributed by atoms with Crippen molar-refractivity contribution in [3.8, 4) is 0 Å². The first-order valence-corrected chi connectivity index (χ1v) is 9.34. The Morgan fingerprint density at radius 2 is 1.96 bits per heavy atom. The molecular formula is C15H17F3N4O3S. The number of halogens is 3. The molecule has 1 N–H and O–H groups in total. The van der Waals surface area contributed by atoms with E-state index in [2.05, 4.69) is 10.2 Å². The zero-order chi connectivity index (χ0) is 19.1. The average Bonchev–Trinajstić information content (AvgIpc) is 2.81. The minimum absolute atomic E-state index is 0.246. The molecule has 0 saturated heterocycles. The van der Waals surface area contributed by atoms with Gasteiger partial charge in [-0.3, -0.25) is 4.57 Å². The van der Waals surface area contributed by atoms with Crippen LogP contribution in [0.4, 0.5) is 13.2 Å². The van der Waals surface area contributed by atoms with Crippen LogP contribution < -0.4 is 5.69 Å². The van der Waals surface area contributed by atoms with Crippen molar-refractivity contribution in [2.75, 3.05) is 7.05 Å². The van der Waals surface area contributed by atoms with Crippen LogP contribution in [-0.4, -0.2) is 40.6 Å². The average molecular weight is 390 g/mol. The molecule has 0 amide bonds. The molecule has 0 bridgehead atoms. The van der Waals surface area contributed by atoms with Crippen molar-refractivity contribution >= 4 is 10.0 Å². The van der Waals surface area contributed by atoms with Crippen molar-refractivity contribution in [2.45, 2.75) is 42.9 Å². The van der Waals surface area contributed by atoms with Crippen LogP contribution in [0.15, 0.2) is 34.0 Å². The van der Waals surface area contributed by atoms with Gasteiger partial charge >= 0.3 is 11.9 Å². The monoisotopic (exact) mass is 390 g/mol. The van der Waals surface area contributed by atoms with Crippen LogP contribution >= 0.6 is 0 Å². The van der Waals surface area contributed by atoms with Gasteiger partial charge in [-0.25, -0.2) is 18.3 Å². The van der Waals surface area contributed by atoms with Gasteiger partial charge in [-0.05, 0) is 25.0 Å². The van der Waals surface area contributed by atoms with Crippen LogP contribution in [-0.2, 0) is 29.2 Å². The maximum absolute atomic E-state index is 13.2. The Morgan fingerprint density at radius 3 is 2.65 bits per heavy atom. The molecule has 0 aliphatic carbocycles. The Bertz CT molecular complexity index is 965. The summed E-state index contributed by atoms with van der Waals surface area (Å²) >= 11 is 0. The van der Waals surface area contributed by atoms with Crippen LogP contribution in [0.1, 0.15) is 24.2 Å². The van der Waals surface area contributed by atoms with Crippen molar-refractivity contribution in [1.82, 2.24) is 19.1 Å². The zero-order valence-corrected chi connectivity index (χ0v) is 14.6. The second kappa shape index (κ2) is 6.54. The second-order valence-electron chi connectivity index (χ2n) is 6.09. The van der Waals surface area contributed by atoms with E-state index in [1.807, 2.05) is 0 Å². The lowest BCUT2D eigenvalue weighted by Crippen LogP contribution is -2.38. The molecule has 2 aromatic rings. The van der Waals surface area contributed by atoms with Gasteiger partial charge in [-0.2, -0.15) is 22.6 Å². The number of nitrogens with zero attached hydrogens (tertiary/aromatic N) is 3. The fourth-order valence-corrected chi connectivity index (χ4v) is 4.76. The molecule has 0 fully saturated rings. The minimum atomic E-state index is -4.77. The molecular weight excluding hydrogens is 373 g/mol. The van der Waals surface area contributed by atoms with E-state index in [1.165, 1.54) is 17.7 Å². The second-order valence-corrected chi connectivity index (χ2v) is 8.06. The van der Waals surface area contributed by atoms with E-state index in [-0.39, 0.29) is 12.2 Å². The molecule has 0 radical (unpaired) electrons. The van der Waals surface area contributed by atoms with Gasteiger partial charge in [0.05, 0.1) is 10.5 Å². The quantitative estimate of drug-likeness (QED) is 0.863. The first-order valence-electron chi connectivity index (χ1n) is 7.90. The molecule has 7 nitrogen and oxygen atoms in total. The Balaban J connectivity index is 1.90. The lowest BCUT2D eigenvalue weighted by atomic mass is 10.1. The van der Waals surface area contributed by atoms with Crippen molar-refractivity contribution in [3.05, 3.63) is 46.1 Å². The third kappa shape index (κ3) is 3.28. The largest absolute Gasteiger partial charge is 0.417 e. The molecule has 3 rings (SSSR count). The smallest absolute Gasteiger partial charge is 0.279 e. The molecule has 2 heterocycles. The fraction of sp³-hybridized carbons (Fsp3) is 0.467. The van der Waals surface area contributed by atoms with Gasteiger partial charge in [-0.1, -0.05) is 12.1 Å². The summed E-state index contributed by atoms with van der Waals surface area (Å²) in [7, 11) is -3.08. The van der Waals surface area contributed by atoms with Crippen molar-refractivity contribution < 1.29 is 21.6 Å². The number of hydrogen-bond acceptors (Lipinski definition) is 4. The maximum Gasteiger partial charge on any atom is 0.417 e. The third-order valence-corrected chi connectivity index (χ3v) is 6.56. The molecule has 1 aromatic carbocycles. The Labute approximate surface area is 147 Å². The lowest BCUT2D eigenvalue weighted by Gasteiger charge is -2.27. The summed E-state index contributed by atoms with van der Waals surface area (Å²) in [5.74, 6) is 0.513. The van der Waals surface area contributed by atoms with E-state index in [1.54, 1.807) is 0 Å². The highest BCUT2D eigenvalue weighted by Crippen LogP contribution is 2.35. The van der Waals surface area contributed by atoms with Gasteiger partial charge in [0.2, 0.25) is 10.0 Å². The van der Waals surface area contributed by atoms with Crippen LogP contribution in [0.2, 0.25) is 0 Å². The number of nitrogens with one attached hydrogen (secondary N) is 1. The third-order valence-electron chi connectivity index (χ3n) is 4.59. The molecule has 26 heavy (non-hydrogen) atoms. The number of fused-ring (bicyclic) bond motifs is 1. The Morgan fingerprint density at radius 1 is 1.27 bits per heavy atom. The standard InChI is InChI=1S/C15H17F3N4O3S/c1-21(10-6-7-13-19-20-14(23)22(13)9-8-10)26(24,25)12-5-3-2-4-11(12)15(16,17)18/h2-5,10H,6-9H2,1H3,(H,20,23). The highest BCUT2D eigenvalue weighted by molar-refractivity contribution is 7.89. The summed E-state index contributed by atoms with van der Waals surface area (Å²) in [5, 5.41) is 6.22. The molecule has 142 valence electrons. The van der Waals surface area contributed by atoms with E-state index < -0.39 is 32.7 Å². The molecule has 0 saturated carbocycles. The molecule has 1 aromatic heterocycles. The Hall–Kier alpha value is -2.14. The first kappa shape index (κ1) is 18.6. The van der Waals surface area contributed by atoms with Gasteiger partial charge in [0.25, 0.3) is 0 Å². The van der Waals surface area contributed by atoms with Crippen molar-refractivity contribution in [3.63, 3.8) is 0 Å². The van der Waals surface area contributed by atoms with Gasteiger partial charge in [-0.15, -0.1) is 0 Å². The molecule has 0 spiro atoms. The van der Waals surface area contributed by atoms with E-state index in [4.69, 9.17) is 0 Å². The highest BCUT2D eigenvalue weighted by atomic mass is 32.2. The minimum Gasteiger partial charge on any atom is -0.279 e. The lowest BCUT2D eigenvalue weighted by molar-refractivity contribution is -0.139. The number of aryl methyl sites for hydroxylation is 1. The number of rotatable bonds is 3. The van der Waals surface area contributed by atoms with Crippen molar-refractivity contribution in [1.29, 1.82) is 0 Å². The highest BCUT2D eigenvalue weighted by Gasteiger charge is 2.39. The van der Waals surface area contributed by atoms with Gasteiger partial charge in [0.15, 0.2) is 0 Å². The topological polar surface area (TPSA) is 88.1 Å². The van der Waals surface area contributed by atoms with E-state index in [0.717, 1.165) is 22.5 Å². The predicted octanol–water partition coefficient (Wildman–Crippen LogP) is 1.62. The summed E-state index contributed by atoms with van der Waals surface area (Å²) in [5.41, 5.74) is -1.57. The number of alkyl halides is 3. The van der Waals surface area contributed by atoms with Crippen LogP contribution in [0.3, 0.4) is 0 Å². The fourth-order valence-electron chi connectivity index (χ4n) is 3.13. The summed E-state index contributed by atoms with van der Waals surface area (Å²) in [6.45, 7) is 0.246. The SMILES string of the molecule is CN(C1CCc2n[nH]c(=O)n2CC1)S(=O)(=O)c1ccccc1C(F)(F)F. The summed E-state index contributed by atoms with van der Waals surface area (Å²) in [4.78, 5) is 10.9. The number of H-pyrrole nitrogens is 1. The van der Waals surface area contributed by atoms with E-state index in [0.29, 0.717) is 25.1 Å². The van der Waals surface area contributed by atoms with Crippen LogP contribution in [0.5, 0.6) is 0 Å². The summed E-state index contributed by atoms with van der Waals surface area (Å²) < 4.78 is 67.6. The molecule has 11 heteroatoms. The molecule has 1 unspecified atom stereocenters. The number of benzene rings is 1. The number of sulfonamides is 1. The van der Waals surface area contributed by atoms with Gasteiger partial charge in [0.1, 0.15) is 5.82 Å². The summed E-state index contributed by atoms with van der Waals surface area (Å²) in [6.07, 6.45) is -3.77. The van der Waals surface area contributed by atoms with E-state index in [9.17, 15) is 26.4 Å². The number of aromatic amines is 1. The predicted molar refractivity (Wildman–Crippen MR) is 86.0 cm³/mol. The molecule has 1 aliphatic heterocycles. The summed E-state index contributed by atoms with van der Waals surface area (Å²) in [6, 6.07) is 3.59. The van der Waals surface area contributed by atoms with Crippen LogP contribution in [0.25, 0.3) is 0 Å². The first-order chi connectivity index (χ1) is 12.1. The molecule has 1 atom stereocenters. The molecule has 1 aliphatic rings. The maximum atomic E-state index is 13.2. The van der Waals surface area contributed by atoms with Gasteiger partial charge < -0.3 is 0 Å². The zero-order valence-electron chi connectivity index (χ0n) is 13.8. The van der Waals surface area contributed by atoms with Crippen molar-refractivity contribution in [2.24, 2.45) is 0 Å². The number of hydrogen-bond donors (Lipinski definition) is 1. The van der Waals surface area contributed by atoms with Crippen LogP contribution in [0, 0.1) is 0 Å².